The molecule has 0 aliphatic rings. The first kappa shape index (κ1) is 11.4. The van der Waals surface area contributed by atoms with E-state index in [4.69, 9.17) is 5.73 Å². The number of hydrogen-bond donors (Lipinski definition) is 1. The third-order valence-corrected chi connectivity index (χ3v) is 2.97. The molecule has 0 spiro atoms. The van der Waals surface area contributed by atoms with Crippen molar-refractivity contribution in [2.24, 2.45) is 7.05 Å². The average Bonchev–Trinajstić information content (AvgIpc) is 2.85. The van der Waals surface area contributed by atoms with Crippen LogP contribution in [0.4, 0.5) is 5.69 Å². The van der Waals surface area contributed by atoms with E-state index >= 15 is 0 Å². The molecular formula is C14H13N5. The highest BCUT2D eigenvalue weighted by molar-refractivity contribution is 5.81. The first-order chi connectivity index (χ1) is 9.25. The minimum Gasteiger partial charge on any atom is -0.399 e. The van der Waals surface area contributed by atoms with Crippen LogP contribution in [0.15, 0.2) is 49.1 Å². The molecule has 3 aromatic rings. The van der Waals surface area contributed by atoms with Crippen LogP contribution in [-0.2, 0) is 7.05 Å². The van der Waals surface area contributed by atoms with E-state index < -0.39 is 0 Å². The van der Waals surface area contributed by atoms with Gasteiger partial charge in [0.1, 0.15) is 6.33 Å². The molecule has 0 aliphatic heterocycles. The lowest BCUT2D eigenvalue weighted by molar-refractivity contribution is 0.919. The largest absolute Gasteiger partial charge is 0.399 e. The molecule has 5 heteroatoms. The van der Waals surface area contributed by atoms with E-state index in [1.165, 1.54) is 0 Å². The maximum absolute atomic E-state index is 5.85. The number of hydrogen-bond acceptors (Lipinski definition) is 4. The van der Waals surface area contributed by atoms with Crippen molar-refractivity contribution in [2.75, 3.05) is 5.73 Å². The third kappa shape index (κ3) is 2.06. The lowest BCUT2D eigenvalue weighted by Crippen LogP contribution is -1.95. The van der Waals surface area contributed by atoms with E-state index in [-0.39, 0.29) is 0 Å². The summed E-state index contributed by atoms with van der Waals surface area (Å²) in [7, 11) is 1.91. The van der Waals surface area contributed by atoms with Gasteiger partial charge < -0.3 is 10.3 Å². The van der Waals surface area contributed by atoms with Gasteiger partial charge in [-0.1, -0.05) is 12.1 Å². The molecule has 0 saturated heterocycles. The van der Waals surface area contributed by atoms with Crippen molar-refractivity contribution in [3.05, 3.63) is 49.1 Å². The van der Waals surface area contributed by atoms with Crippen molar-refractivity contribution >= 4 is 5.69 Å². The fourth-order valence-electron chi connectivity index (χ4n) is 2.06. The summed E-state index contributed by atoms with van der Waals surface area (Å²) in [6.45, 7) is 0. The SMILES string of the molecule is Cn1cnnc1-c1cnccc1-c1cccc(N)c1. The predicted molar refractivity (Wildman–Crippen MR) is 74.1 cm³/mol. The fraction of sp³-hybridized carbons (Fsp3) is 0.0714. The van der Waals surface area contributed by atoms with Crippen LogP contribution in [0.2, 0.25) is 0 Å². The van der Waals surface area contributed by atoms with Crippen LogP contribution in [-0.4, -0.2) is 19.7 Å². The van der Waals surface area contributed by atoms with Crippen molar-refractivity contribution in [1.82, 2.24) is 19.7 Å². The zero-order chi connectivity index (χ0) is 13.2. The Morgan fingerprint density at radius 3 is 2.79 bits per heavy atom. The second-order valence-corrected chi connectivity index (χ2v) is 4.31. The van der Waals surface area contributed by atoms with Crippen molar-refractivity contribution in [3.63, 3.8) is 0 Å². The minimum absolute atomic E-state index is 0.734. The summed E-state index contributed by atoms with van der Waals surface area (Å²) in [5, 5.41) is 8.05. The van der Waals surface area contributed by atoms with Crippen LogP contribution < -0.4 is 5.73 Å². The molecule has 1 aromatic carbocycles. The summed E-state index contributed by atoms with van der Waals surface area (Å²) in [6.07, 6.45) is 5.23. The molecule has 2 N–H and O–H groups in total. The highest BCUT2D eigenvalue weighted by Gasteiger charge is 2.11. The summed E-state index contributed by atoms with van der Waals surface area (Å²) >= 11 is 0. The lowest BCUT2D eigenvalue weighted by Gasteiger charge is -2.09. The van der Waals surface area contributed by atoms with Crippen molar-refractivity contribution < 1.29 is 0 Å². The van der Waals surface area contributed by atoms with Crippen LogP contribution in [0.1, 0.15) is 0 Å². The molecule has 0 bridgehead atoms. The van der Waals surface area contributed by atoms with Gasteiger partial charge in [-0.05, 0) is 29.3 Å². The highest BCUT2D eigenvalue weighted by Crippen LogP contribution is 2.30. The molecule has 19 heavy (non-hydrogen) atoms. The second kappa shape index (κ2) is 4.53. The Morgan fingerprint density at radius 1 is 1.16 bits per heavy atom. The number of benzene rings is 1. The molecule has 2 aromatic heterocycles. The zero-order valence-corrected chi connectivity index (χ0v) is 10.5. The maximum atomic E-state index is 5.85. The van der Waals surface area contributed by atoms with E-state index in [1.54, 1.807) is 18.7 Å². The minimum atomic E-state index is 0.734. The Morgan fingerprint density at radius 2 is 2.05 bits per heavy atom. The molecule has 5 nitrogen and oxygen atoms in total. The molecule has 2 heterocycles. The summed E-state index contributed by atoms with van der Waals surface area (Å²) in [5.41, 5.74) is 9.60. The zero-order valence-electron chi connectivity index (χ0n) is 10.5. The molecule has 0 radical (unpaired) electrons. The van der Waals surface area contributed by atoms with Crippen molar-refractivity contribution in [3.8, 4) is 22.5 Å². The van der Waals surface area contributed by atoms with E-state index in [9.17, 15) is 0 Å². The van der Waals surface area contributed by atoms with Crippen LogP contribution in [0, 0.1) is 0 Å². The normalized spacial score (nSPS) is 10.6. The maximum Gasteiger partial charge on any atom is 0.165 e. The monoisotopic (exact) mass is 251 g/mol. The van der Waals surface area contributed by atoms with E-state index in [1.807, 2.05) is 41.9 Å². The number of anilines is 1. The molecule has 0 amide bonds. The number of nitrogen functional groups attached to an aromatic ring is 1. The second-order valence-electron chi connectivity index (χ2n) is 4.31. The topological polar surface area (TPSA) is 69.6 Å². The first-order valence-electron chi connectivity index (χ1n) is 5.90. The number of nitrogens with two attached hydrogens (primary N) is 1. The molecule has 94 valence electrons. The summed E-state index contributed by atoms with van der Waals surface area (Å²) in [4.78, 5) is 4.18. The molecule has 0 fully saturated rings. The van der Waals surface area contributed by atoms with Gasteiger partial charge in [0.25, 0.3) is 0 Å². The summed E-state index contributed by atoms with van der Waals surface area (Å²) < 4.78 is 1.87. The summed E-state index contributed by atoms with van der Waals surface area (Å²) in [5.74, 6) is 0.783. The van der Waals surface area contributed by atoms with Crippen molar-refractivity contribution in [1.29, 1.82) is 0 Å². The standard InChI is InChI=1S/C14H13N5/c1-19-9-17-18-14(19)13-8-16-6-5-12(13)10-3-2-4-11(15)7-10/h2-9H,15H2,1H3. The Bertz CT molecular complexity index is 717. The van der Waals surface area contributed by atoms with E-state index in [0.717, 1.165) is 28.2 Å². The van der Waals surface area contributed by atoms with Crippen LogP contribution in [0.3, 0.4) is 0 Å². The number of rotatable bonds is 2. The number of aryl methyl sites for hydroxylation is 1. The number of nitrogens with zero attached hydrogens (tertiary/aromatic N) is 4. The Balaban J connectivity index is 2.21. The first-order valence-corrected chi connectivity index (χ1v) is 5.90. The molecular weight excluding hydrogens is 238 g/mol. The van der Waals surface area contributed by atoms with Gasteiger partial charge in [0.2, 0.25) is 0 Å². The van der Waals surface area contributed by atoms with Gasteiger partial charge in [0, 0.05) is 30.7 Å². The van der Waals surface area contributed by atoms with E-state index in [2.05, 4.69) is 15.2 Å². The number of aromatic nitrogens is 4. The molecule has 3 rings (SSSR count). The number of pyridine rings is 1. The highest BCUT2D eigenvalue weighted by atomic mass is 15.2. The Hall–Kier alpha value is -2.69. The van der Waals surface area contributed by atoms with Gasteiger partial charge in [-0.25, -0.2) is 0 Å². The Kier molecular flexibility index (Phi) is 2.72. The van der Waals surface area contributed by atoms with Gasteiger partial charge in [0.15, 0.2) is 5.82 Å². The fourth-order valence-corrected chi connectivity index (χ4v) is 2.06. The van der Waals surface area contributed by atoms with Gasteiger partial charge >= 0.3 is 0 Å². The van der Waals surface area contributed by atoms with Crippen LogP contribution in [0.5, 0.6) is 0 Å². The van der Waals surface area contributed by atoms with Gasteiger partial charge in [0.05, 0.1) is 0 Å². The predicted octanol–water partition coefficient (Wildman–Crippen LogP) is 2.13. The summed E-state index contributed by atoms with van der Waals surface area (Å²) in [6, 6.07) is 9.72. The molecule has 0 unspecified atom stereocenters. The van der Waals surface area contributed by atoms with E-state index in [0.29, 0.717) is 0 Å². The quantitative estimate of drug-likeness (QED) is 0.708. The smallest absolute Gasteiger partial charge is 0.165 e. The van der Waals surface area contributed by atoms with Crippen LogP contribution in [0.25, 0.3) is 22.5 Å². The molecule has 0 saturated carbocycles. The third-order valence-electron chi connectivity index (χ3n) is 2.97. The molecule has 0 aliphatic carbocycles. The molecule has 0 atom stereocenters. The van der Waals surface area contributed by atoms with Gasteiger partial charge in [-0.3, -0.25) is 4.98 Å². The van der Waals surface area contributed by atoms with Gasteiger partial charge in [-0.15, -0.1) is 10.2 Å². The van der Waals surface area contributed by atoms with Crippen molar-refractivity contribution in [2.45, 2.75) is 0 Å². The Labute approximate surface area is 110 Å². The average molecular weight is 251 g/mol. The van der Waals surface area contributed by atoms with Crippen LogP contribution >= 0.6 is 0 Å². The van der Waals surface area contributed by atoms with Gasteiger partial charge in [-0.2, -0.15) is 0 Å². The lowest BCUT2D eigenvalue weighted by atomic mass is 10.0.